The Hall–Kier alpha value is -0.120. The normalized spacial score (nSPS) is 40.4. The van der Waals surface area contributed by atoms with Gasteiger partial charge in [-0.25, -0.2) is 0 Å². The molecular weight excluding hydrogens is 212 g/mol. The first-order chi connectivity index (χ1) is 8.31. The lowest BCUT2D eigenvalue weighted by Gasteiger charge is -2.37. The molecule has 0 aromatic carbocycles. The highest BCUT2D eigenvalue weighted by atomic mass is 16.3. The summed E-state index contributed by atoms with van der Waals surface area (Å²) < 4.78 is 0. The molecule has 17 heavy (non-hydrogen) atoms. The molecule has 3 heteroatoms. The summed E-state index contributed by atoms with van der Waals surface area (Å²) in [7, 11) is 0. The molecule has 3 rings (SSSR count). The molecule has 2 N–H and O–H groups in total. The van der Waals surface area contributed by atoms with Crippen LogP contribution in [0.25, 0.3) is 0 Å². The fourth-order valence-electron chi connectivity index (χ4n) is 4.03. The average Bonchev–Trinajstić information content (AvgIpc) is 2.70. The monoisotopic (exact) mass is 238 g/mol. The lowest BCUT2D eigenvalue weighted by molar-refractivity contribution is 0.140. The Balaban J connectivity index is 1.49. The zero-order valence-corrected chi connectivity index (χ0v) is 10.8. The summed E-state index contributed by atoms with van der Waals surface area (Å²) in [5, 5.41) is 13.4. The van der Waals surface area contributed by atoms with Crippen LogP contribution in [0.3, 0.4) is 0 Å². The van der Waals surface area contributed by atoms with Crippen molar-refractivity contribution in [1.29, 1.82) is 0 Å². The molecule has 0 amide bonds. The molecule has 3 atom stereocenters. The predicted octanol–water partition coefficient (Wildman–Crippen LogP) is 1.36. The number of fused-ring (bicyclic) bond motifs is 1. The van der Waals surface area contributed by atoms with Crippen LogP contribution in [0.4, 0.5) is 0 Å². The average molecular weight is 238 g/mol. The Morgan fingerprint density at radius 1 is 1.12 bits per heavy atom. The van der Waals surface area contributed by atoms with E-state index in [2.05, 4.69) is 10.2 Å². The van der Waals surface area contributed by atoms with Crippen LogP contribution < -0.4 is 5.32 Å². The molecule has 2 heterocycles. The molecule has 0 radical (unpaired) electrons. The summed E-state index contributed by atoms with van der Waals surface area (Å²) in [5.74, 6) is 0.963. The summed E-state index contributed by atoms with van der Waals surface area (Å²) in [6.45, 7) is 3.17. The topological polar surface area (TPSA) is 35.5 Å². The van der Waals surface area contributed by atoms with Crippen LogP contribution in [-0.2, 0) is 0 Å². The van der Waals surface area contributed by atoms with Crippen molar-refractivity contribution in [3.8, 4) is 0 Å². The standard InChI is InChI=1S/C14H26N2O/c17-14-7-13-8-15-12(9-16(13)10-14)6-11-4-2-1-3-5-11/h11-15,17H,1-10H2. The number of rotatable bonds is 2. The molecule has 0 bridgehead atoms. The van der Waals surface area contributed by atoms with Crippen molar-refractivity contribution in [3.63, 3.8) is 0 Å². The van der Waals surface area contributed by atoms with E-state index in [9.17, 15) is 5.11 Å². The molecular formula is C14H26N2O. The van der Waals surface area contributed by atoms with Gasteiger partial charge in [0.25, 0.3) is 0 Å². The van der Waals surface area contributed by atoms with E-state index in [0.29, 0.717) is 12.1 Å². The van der Waals surface area contributed by atoms with Crippen LogP contribution in [0.1, 0.15) is 44.9 Å². The minimum absolute atomic E-state index is 0.0739. The third-order valence-corrected chi connectivity index (χ3v) is 4.95. The van der Waals surface area contributed by atoms with E-state index >= 15 is 0 Å². The molecule has 1 saturated carbocycles. The van der Waals surface area contributed by atoms with Crippen molar-refractivity contribution in [2.45, 2.75) is 63.1 Å². The maximum Gasteiger partial charge on any atom is 0.0682 e. The molecule has 0 aromatic rings. The quantitative estimate of drug-likeness (QED) is 0.762. The van der Waals surface area contributed by atoms with Gasteiger partial charge in [-0.2, -0.15) is 0 Å². The SMILES string of the molecule is OC1CC2CNC(CC3CCCCC3)CN2C1. The Kier molecular flexibility index (Phi) is 3.69. The van der Waals surface area contributed by atoms with Gasteiger partial charge in [0.05, 0.1) is 6.10 Å². The number of nitrogens with one attached hydrogen (secondary N) is 1. The van der Waals surface area contributed by atoms with Crippen LogP contribution in [0.5, 0.6) is 0 Å². The summed E-state index contributed by atoms with van der Waals surface area (Å²) >= 11 is 0. The zero-order chi connectivity index (χ0) is 11.7. The molecule has 0 spiro atoms. The van der Waals surface area contributed by atoms with Crippen LogP contribution >= 0.6 is 0 Å². The first kappa shape index (κ1) is 11.9. The maximum atomic E-state index is 9.70. The second-order valence-electron chi connectivity index (χ2n) is 6.34. The van der Waals surface area contributed by atoms with E-state index in [-0.39, 0.29) is 6.10 Å². The molecule has 3 nitrogen and oxygen atoms in total. The number of hydrogen-bond donors (Lipinski definition) is 2. The predicted molar refractivity (Wildman–Crippen MR) is 69.0 cm³/mol. The number of aliphatic hydroxyl groups is 1. The van der Waals surface area contributed by atoms with E-state index in [1.54, 1.807) is 0 Å². The van der Waals surface area contributed by atoms with E-state index in [0.717, 1.165) is 32.0 Å². The van der Waals surface area contributed by atoms with Crippen molar-refractivity contribution in [2.75, 3.05) is 19.6 Å². The second kappa shape index (κ2) is 5.25. The van der Waals surface area contributed by atoms with Crippen LogP contribution in [0, 0.1) is 5.92 Å². The number of piperazine rings is 1. The molecule has 0 aromatic heterocycles. The minimum atomic E-state index is -0.0739. The highest BCUT2D eigenvalue weighted by molar-refractivity contribution is 4.94. The number of aliphatic hydroxyl groups excluding tert-OH is 1. The Bertz CT molecular complexity index is 251. The first-order valence-electron chi connectivity index (χ1n) is 7.47. The van der Waals surface area contributed by atoms with Gasteiger partial charge < -0.3 is 10.4 Å². The Morgan fingerprint density at radius 3 is 2.76 bits per heavy atom. The Morgan fingerprint density at radius 2 is 1.94 bits per heavy atom. The van der Waals surface area contributed by atoms with Crippen molar-refractivity contribution in [2.24, 2.45) is 5.92 Å². The molecule has 3 unspecified atom stereocenters. The van der Waals surface area contributed by atoms with Crippen LogP contribution in [0.15, 0.2) is 0 Å². The summed E-state index contributed by atoms with van der Waals surface area (Å²) in [6, 6.07) is 1.28. The van der Waals surface area contributed by atoms with Crippen molar-refractivity contribution >= 4 is 0 Å². The van der Waals surface area contributed by atoms with Gasteiger partial charge in [-0.15, -0.1) is 0 Å². The van der Waals surface area contributed by atoms with Gasteiger partial charge in [0.1, 0.15) is 0 Å². The van der Waals surface area contributed by atoms with Gasteiger partial charge >= 0.3 is 0 Å². The highest BCUT2D eigenvalue weighted by Crippen LogP contribution is 2.29. The highest BCUT2D eigenvalue weighted by Gasteiger charge is 2.36. The molecule has 2 aliphatic heterocycles. The van der Waals surface area contributed by atoms with Crippen molar-refractivity contribution in [1.82, 2.24) is 10.2 Å². The van der Waals surface area contributed by atoms with Gasteiger partial charge in [0.15, 0.2) is 0 Å². The molecule has 98 valence electrons. The third-order valence-electron chi connectivity index (χ3n) is 4.95. The number of nitrogens with zero attached hydrogens (tertiary/aromatic N) is 1. The van der Waals surface area contributed by atoms with Gasteiger partial charge in [0, 0.05) is 31.7 Å². The fraction of sp³-hybridized carbons (Fsp3) is 1.00. The maximum absolute atomic E-state index is 9.70. The third kappa shape index (κ3) is 2.83. The molecule has 3 aliphatic rings. The number of hydrogen-bond acceptors (Lipinski definition) is 3. The minimum Gasteiger partial charge on any atom is -0.392 e. The lowest BCUT2D eigenvalue weighted by atomic mass is 9.84. The Labute approximate surface area is 105 Å². The molecule has 1 aliphatic carbocycles. The van der Waals surface area contributed by atoms with Gasteiger partial charge in [-0.1, -0.05) is 32.1 Å². The summed E-state index contributed by atoms with van der Waals surface area (Å²) in [4.78, 5) is 2.51. The van der Waals surface area contributed by atoms with E-state index in [4.69, 9.17) is 0 Å². The van der Waals surface area contributed by atoms with Gasteiger partial charge in [-0.05, 0) is 18.8 Å². The van der Waals surface area contributed by atoms with E-state index in [1.165, 1.54) is 38.5 Å². The summed E-state index contributed by atoms with van der Waals surface area (Å²) in [6.07, 6.45) is 9.51. The second-order valence-corrected chi connectivity index (χ2v) is 6.34. The molecule has 2 saturated heterocycles. The van der Waals surface area contributed by atoms with Gasteiger partial charge in [-0.3, -0.25) is 4.90 Å². The van der Waals surface area contributed by atoms with E-state index in [1.807, 2.05) is 0 Å². The first-order valence-corrected chi connectivity index (χ1v) is 7.47. The molecule has 3 fully saturated rings. The fourth-order valence-corrected chi connectivity index (χ4v) is 4.03. The zero-order valence-electron chi connectivity index (χ0n) is 10.8. The van der Waals surface area contributed by atoms with Gasteiger partial charge in [0.2, 0.25) is 0 Å². The van der Waals surface area contributed by atoms with Crippen molar-refractivity contribution < 1.29 is 5.11 Å². The van der Waals surface area contributed by atoms with Crippen LogP contribution in [-0.4, -0.2) is 47.8 Å². The smallest absolute Gasteiger partial charge is 0.0682 e. The largest absolute Gasteiger partial charge is 0.392 e. The van der Waals surface area contributed by atoms with Crippen LogP contribution in [0.2, 0.25) is 0 Å². The van der Waals surface area contributed by atoms with E-state index < -0.39 is 0 Å². The summed E-state index contributed by atoms with van der Waals surface area (Å²) in [5.41, 5.74) is 0. The lowest BCUT2D eigenvalue weighted by Crippen LogP contribution is -2.54. The van der Waals surface area contributed by atoms with Crippen molar-refractivity contribution in [3.05, 3.63) is 0 Å².